The van der Waals surface area contributed by atoms with E-state index < -0.39 is 0 Å². The van der Waals surface area contributed by atoms with E-state index in [9.17, 15) is 9.18 Å². The van der Waals surface area contributed by atoms with Gasteiger partial charge in [0.25, 0.3) is 5.91 Å². The molecule has 0 atom stereocenters. The average molecular weight is 372 g/mol. The van der Waals surface area contributed by atoms with Gasteiger partial charge in [-0.15, -0.1) is 0 Å². The van der Waals surface area contributed by atoms with E-state index in [0.29, 0.717) is 17.8 Å². The first kappa shape index (κ1) is 16.6. The lowest BCUT2D eigenvalue weighted by atomic mass is 10.0. The summed E-state index contributed by atoms with van der Waals surface area (Å²) in [6.45, 7) is 0.683. The molecule has 0 fully saturated rings. The molecule has 0 radical (unpaired) electrons. The highest BCUT2D eigenvalue weighted by atomic mass is 19.1. The number of aromatic nitrogens is 3. The Bertz CT molecular complexity index is 1230. The Balaban J connectivity index is 1.42. The fraction of sp³-hybridized carbons (Fsp3) is 0.136. The summed E-state index contributed by atoms with van der Waals surface area (Å²) in [7, 11) is 1.88. The van der Waals surface area contributed by atoms with Crippen molar-refractivity contribution in [3.05, 3.63) is 83.6 Å². The van der Waals surface area contributed by atoms with Gasteiger partial charge in [0.2, 0.25) is 0 Å². The molecule has 4 aromatic rings. The quantitative estimate of drug-likeness (QED) is 0.548. The third-order valence-corrected chi connectivity index (χ3v) is 5.24. The van der Waals surface area contributed by atoms with Crippen LogP contribution in [-0.2, 0) is 20.1 Å². The molecule has 0 saturated heterocycles. The number of hydrogen-bond donors (Lipinski definition) is 0. The molecule has 3 heterocycles. The van der Waals surface area contributed by atoms with Crippen LogP contribution in [0.15, 0.2) is 60.9 Å². The van der Waals surface area contributed by atoms with Crippen LogP contribution >= 0.6 is 0 Å². The third-order valence-electron chi connectivity index (χ3n) is 5.24. The fourth-order valence-electron chi connectivity index (χ4n) is 3.70. The largest absolute Gasteiger partial charge is 0.328 e. The lowest BCUT2D eigenvalue weighted by Gasteiger charge is -2.16. The fourth-order valence-corrected chi connectivity index (χ4v) is 3.70. The number of amides is 1. The minimum absolute atomic E-state index is 0.152. The van der Waals surface area contributed by atoms with Crippen molar-refractivity contribution in [2.45, 2.75) is 13.1 Å². The van der Waals surface area contributed by atoms with Crippen LogP contribution in [0.2, 0.25) is 0 Å². The van der Waals surface area contributed by atoms with Crippen LogP contribution in [-0.4, -0.2) is 25.6 Å². The van der Waals surface area contributed by atoms with E-state index in [4.69, 9.17) is 0 Å². The van der Waals surface area contributed by atoms with Crippen LogP contribution in [0, 0.1) is 5.82 Å². The number of carbonyl (C=O) groups is 1. The molecule has 2 aromatic heterocycles. The Morgan fingerprint density at radius 2 is 1.93 bits per heavy atom. The number of aryl methyl sites for hydroxylation is 1. The predicted molar refractivity (Wildman–Crippen MR) is 104 cm³/mol. The summed E-state index contributed by atoms with van der Waals surface area (Å²) in [5, 5.41) is 5.29. The van der Waals surface area contributed by atoms with Crippen molar-refractivity contribution in [1.82, 2.24) is 19.7 Å². The number of nitrogens with zero attached hydrogens (tertiary/aromatic N) is 4. The molecular weight excluding hydrogens is 355 g/mol. The molecule has 1 aliphatic rings. The molecule has 2 aromatic carbocycles. The van der Waals surface area contributed by atoms with Crippen molar-refractivity contribution < 1.29 is 9.18 Å². The first-order valence-electron chi connectivity index (χ1n) is 9.04. The topological polar surface area (TPSA) is 51.0 Å². The van der Waals surface area contributed by atoms with Gasteiger partial charge in [0.05, 0.1) is 11.7 Å². The molecule has 5 rings (SSSR count). The van der Waals surface area contributed by atoms with E-state index in [-0.39, 0.29) is 18.3 Å². The minimum Gasteiger partial charge on any atom is -0.328 e. The summed E-state index contributed by atoms with van der Waals surface area (Å²) in [6.07, 6.45) is 3.41. The number of carbonyl (C=O) groups excluding carboxylic acids is 1. The van der Waals surface area contributed by atoms with E-state index in [1.54, 1.807) is 21.8 Å². The van der Waals surface area contributed by atoms with Crippen LogP contribution < -0.4 is 0 Å². The monoisotopic (exact) mass is 372 g/mol. The molecule has 5 nitrogen and oxygen atoms in total. The van der Waals surface area contributed by atoms with Gasteiger partial charge in [-0.05, 0) is 29.3 Å². The van der Waals surface area contributed by atoms with Crippen molar-refractivity contribution in [3.63, 3.8) is 0 Å². The van der Waals surface area contributed by atoms with Gasteiger partial charge in [0.1, 0.15) is 11.5 Å². The van der Waals surface area contributed by atoms with Gasteiger partial charge in [-0.3, -0.25) is 14.5 Å². The molecule has 6 heteroatoms. The summed E-state index contributed by atoms with van der Waals surface area (Å²) in [5.74, 6) is -0.472. The summed E-state index contributed by atoms with van der Waals surface area (Å²) in [4.78, 5) is 18.2. The van der Waals surface area contributed by atoms with E-state index in [1.165, 1.54) is 6.07 Å². The smallest absolute Gasteiger partial charge is 0.273 e. The summed E-state index contributed by atoms with van der Waals surface area (Å²) < 4.78 is 16.6. The van der Waals surface area contributed by atoms with Crippen LogP contribution in [0.1, 0.15) is 21.6 Å². The van der Waals surface area contributed by atoms with E-state index in [2.05, 4.69) is 10.1 Å². The van der Waals surface area contributed by atoms with Crippen LogP contribution in [0.25, 0.3) is 22.0 Å². The van der Waals surface area contributed by atoms with Crippen LogP contribution in [0.5, 0.6) is 0 Å². The lowest BCUT2D eigenvalue weighted by Crippen LogP contribution is -2.24. The predicted octanol–water partition coefficient (Wildman–Crippen LogP) is 3.93. The zero-order valence-electron chi connectivity index (χ0n) is 15.3. The van der Waals surface area contributed by atoms with Gasteiger partial charge >= 0.3 is 0 Å². The van der Waals surface area contributed by atoms with E-state index >= 15 is 0 Å². The Kier molecular flexibility index (Phi) is 3.72. The van der Waals surface area contributed by atoms with Crippen LogP contribution in [0.3, 0.4) is 0 Å². The number of halogens is 1. The van der Waals surface area contributed by atoms with Crippen molar-refractivity contribution in [2.24, 2.45) is 7.05 Å². The third kappa shape index (κ3) is 2.65. The number of rotatable bonds is 3. The standard InChI is InChI=1S/C22H17FN4O/c1-26-20-10-15(4-6-16(20)11-25-26)14-5-7-17(19(23)9-14)12-27-13-18-3-2-8-24-21(18)22(27)28/h2-11H,12-13H2,1H3. The molecule has 0 spiro atoms. The molecule has 1 amide bonds. The minimum atomic E-state index is -0.320. The Labute approximate surface area is 161 Å². The highest BCUT2D eigenvalue weighted by molar-refractivity contribution is 5.96. The maximum absolute atomic E-state index is 14.8. The normalized spacial score (nSPS) is 13.4. The van der Waals surface area contributed by atoms with Crippen molar-refractivity contribution in [2.75, 3.05) is 0 Å². The molecule has 1 aliphatic heterocycles. The molecule has 0 bridgehead atoms. The maximum Gasteiger partial charge on any atom is 0.273 e. The second-order valence-corrected chi connectivity index (χ2v) is 7.02. The highest BCUT2D eigenvalue weighted by Gasteiger charge is 2.28. The lowest BCUT2D eigenvalue weighted by molar-refractivity contribution is 0.0761. The zero-order chi connectivity index (χ0) is 19.3. The number of pyridine rings is 1. The van der Waals surface area contributed by atoms with Crippen molar-refractivity contribution in [1.29, 1.82) is 0 Å². The van der Waals surface area contributed by atoms with Gasteiger partial charge in [-0.1, -0.05) is 30.3 Å². The highest BCUT2D eigenvalue weighted by Crippen LogP contribution is 2.28. The molecule has 0 unspecified atom stereocenters. The number of fused-ring (bicyclic) bond motifs is 2. The summed E-state index contributed by atoms with van der Waals surface area (Å²) in [6, 6.07) is 14.8. The second-order valence-electron chi connectivity index (χ2n) is 7.02. The van der Waals surface area contributed by atoms with Gasteiger partial charge in [0, 0.05) is 42.8 Å². The molecular formula is C22H17FN4O. The molecule has 138 valence electrons. The van der Waals surface area contributed by atoms with Gasteiger partial charge in [-0.2, -0.15) is 5.10 Å². The van der Waals surface area contributed by atoms with Gasteiger partial charge < -0.3 is 4.90 Å². The van der Waals surface area contributed by atoms with Gasteiger partial charge in [0.15, 0.2) is 0 Å². The Morgan fingerprint density at radius 3 is 2.75 bits per heavy atom. The summed E-state index contributed by atoms with van der Waals surface area (Å²) >= 11 is 0. The SMILES string of the molecule is Cn1ncc2ccc(-c3ccc(CN4Cc5cccnc5C4=O)c(F)c3)cc21. The molecule has 28 heavy (non-hydrogen) atoms. The zero-order valence-corrected chi connectivity index (χ0v) is 15.3. The second kappa shape index (κ2) is 6.27. The first-order chi connectivity index (χ1) is 13.6. The molecule has 0 N–H and O–H groups in total. The summed E-state index contributed by atoms with van der Waals surface area (Å²) in [5.41, 5.74) is 4.55. The van der Waals surface area contributed by atoms with Gasteiger partial charge in [-0.25, -0.2) is 4.39 Å². The van der Waals surface area contributed by atoms with Crippen molar-refractivity contribution in [3.8, 4) is 11.1 Å². The Morgan fingerprint density at radius 1 is 1.11 bits per heavy atom. The maximum atomic E-state index is 14.8. The van der Waals surface area contributed by atoms with Crippen LogP contribution in [0.4, 0.5) is 4.39 Å². The van der Waals surface area contributed by atoms with Crippen molar-refractivity contribution >= 4 is 16.8 Å². The first-order valence-corrected chi connectivity index (χ1v) is 9.04. The molecule has 0 saturated carbocycles. The number of hydrogen-bond acceptors (Lipinski definition) is 3. The Hall–Kier alpha value is -3.54. The average Bonchev–Trinajstić information content (AvgIpc) is 3.24. The molecule has 0 aliphatic carbocycles. The van der Waals surface area contributed by atoms with E-state index in [1.807, 2.05) is 49.6 Å². The number of benzene rings is 2. The van der Waals surface area contributed by atoms with E-state index in [0.717, 1.165) is 27.6 Å².